The van der Waals surface area contributed by atoms with E-state index in [1.54, 1.807) is 12.1 Å². The number of carbonyl (C=O) groups is 2. The van der Waals surface area contributed by atoms with Crippen LogP contribution in [0.4, 0.5) is 15.5 Å². The smallest absolute Gasteiger partial charge is 0.324 e. The van der Waals surface area contributed by atoms with Crippen molar-refractivity contribution in [3.63, 3.8) is 0 Å². The minimum atomic E-state index is -0.562. The second-order valence-electron chi connectivity index (χ2n) is 4.82. The molecule has 3 amide bonds. The Kier molecular flexibility index (Phi) is 4.46. The van der Waals surface area contributed by atoms with Crippen LogP contribution in [0.2, 0.25) is 5.15 Å². The SMILES string of the molecule is NC(=O)c1c(NC(=O)Nc2ccc(Cl)nc2)sc2c1CCOC2. The van der Waals surface area contributed by atoms with Crippen LogP contribution in [0.3, 0.4) is 0 Å². The third kappa shape index (κ3) is 3.44. The number of thiophene rings is 1. The molecule has 2 aromatic rings. The number of nitrogens with one attached hydrogen (secondary N) is 2. The normalized spacial score (nSPS) is 13.3. The lowest BCUT2D eigenvalue weighted by Gasteiger charge is -2.12. The number of hydrogen-bond acceptors (Lipinski definition) is 5. The number of aromatic nitrogens is 1. The van der Waals surface area contributed by atoms with Gasteiger partial charge in [0.2, 0.25) is 0 Å². The highest BCUT2D eigenvalue weighted by atomic mass is 35.5. The van der Waals surface area contributed by atoms with Crippen molar-refractivity contribution in [3.8, 4) is 0 Å². The maximum atomic E-state index is 12.1. The molecule has 0 spiro atoms. The topological polar surface area (TPSA) is 106 Å². The van der Waals surface area contributed by atoms with Crippen molar-refractivity contribution < 1.29 is 14.3 Å². The van der Waals surface area contributed by atoms with Gasteiger partial charge in [-0.1, -0.05) is 11.6 Å². The van der Waals surface area contributed by atoms with Crippen LogP contribution in [0.1, 0.15) is 20.8 Å². The molecule has 0 fully saturated rings. The lowest BCUT2D eigenvalue weighted by atomic mass is 10.1. The molecule has 0 aromatic carbocycles. The zero-order valence-corrected chi connectivity index (χ0v) is 13.5. The van der Waals surface area contributed by atoms with E-state index in [-0.39, 0.29) is 0 Å². The Balaban J connectivity index is 1.79. The zero-order valence-electron chi connectivity index (χ0n) is 11.9. The number of ether oxygens (including phenoxy) is 1. The highest BCUT2D eigenvalue weighted by Crippen LogP contribution is 2.36. The fourth-order valence-corrected chi connectivity index (χ4v) is 3.59. The number of nitrogens with zero attached hydrogens (tertiary/aromatic N) is 1. The number of rotatable bonds is 3. The second kappa shape index (κ2) is 6.53. The van der Waals surface area contributed by atoms with Crippen molar-refractivity contribution in [2.24, 2.45) is 5.73 Å². The Hall–Kier alpha value is -2.16. The van der Waals surface area contributed by atoms with Crippen molar-refractivity contribution in [3.05, 3.63) is 39.5 Å². The molecule has 0 atom stereocenters. The van der Waals surface area contributed by atoms with Gasteiger partial charge in [0, 0.05) is 4.88 Å². The van der Waals surface area contributed by atoms with Gasteiger partial charge < -0.3 is 15.8 Å². The molecule has 1 aliphatic heterocycles. The van der Waals surface area contributed by atoms with Crippen LogP contribution >= 0.6 is 22.9 Å². The van der Waals surface area contributed by atoms with Crippen LogP contribution in [0.5, 0.6) is 0 Å². The number of pyridine rings is 1. The van der Waals surface area contributed by atoms with Crippen LogP contribution in [0, 0.1) is 0 Å². The standard InChI is InChI=1S/C14H13ClN4O3S/c15-10-2-1-7(5-17-10)18-14(21)19-13-11(12(16)20)8-3-4-22-6-9(8)23-13/h1-2,5H,3-4,6H2,(H2,16,20)(H2,18,19,21). The summed E-state index contributed by atoms with van der Waals surface area (Å²) in [5.74, 6) is -0.562. The van der Waals surface area contributed by atoms with Crippen LogP contribution in [-0.2, 0) is 17.8 Å². The van der Waals surface area contributed by atoms with Gasteiger partial charge in [-0.15, -0.1) is 11.3 Å². The highest BCUT2D eigenvalue weighted by Gasteiger charge is 2.25. The molecule has 1 aliphatic rings. The van der Waals surface area contributed by atoms with Gasteiger partial charge in [-0.2, -0.15) is 0 Å². The third-order valence-corrected chi connectivity index (χ3v) is 4.62. The van der Waals surface area contributed by atoms with Crippen molar-refractivity contribution in [2.45, 2.75) is 13.0 Å². The highest BCUT2D eigenvalue weighted by molar-refractivity contribution is 7.17. The Bertz CT molecular complexity index is 760. The summed E-state index contributed by atoms with van der Waals surface area (Å²) in [6.45, 7) is 0.955. The molecule has 3 rings (SSSR count). The number of halogens is 1. The number of fused-ring (bicyclic) bond motifs is 1. The average Bonchev–Trinajstić information content (AvgIpc) is 2.87. The number of carbonyl (C=O) groups excluding carboxylic acids is 2. The Morgan fingerprint density at radius 1 is 1.35 bits per heavy atom. The van der Waals surface area contributed by atoms with Gasteiger partial charge in [-0.3, -0.25) is 10.1 Å². The summed E-state index contributed by atoms with van der Waals surface area (Å²) in [7, 11) is 0. The van der Waals surface area contributed by atoms with Gasteiger partial charge in [-0.05, 0) is 24.1 Å². The van der Waals surface area contributed by atoms with Crippen LogP contribution in [-0.4, -0.2) is 23.5 Å². The number of hydrogen-bond donors (Lipinski definition) is 3. The van der Waals surface area contributed by atoms with Crippen molar-refractivity contribution in [2.75, 3.05) is 17.2 Å². The quantitative estimate of drug-likeness (QED) is 0.738. The number of amides is 3. The van der Waals surface area contributed by atoms with E-state index in [0.717, 1.165) is 10.4 Å². The summed E-state index contributed by atoms with van der Waals surface area (Å²) < 4.78 is 5.37. The van der Waals surface area contributed by atoms with Crippen molar-refractivity contribution in [1.82, 2.24) is 4.98 Å². The van der Waals surface area contributed by atoms with E-state index in [4.69, 9.17) is 22.1 Å². The molecule has 2 aromatic heterocycles. The van der Waals surface area contributed by atoms with Gasteiger partial charge in [0.15, 0.2) is 0 Å². The van der Waals surface area contributed by atoms with E-state index in [1.165, 1.54) is 17.5 Å². The van der Waals surface area contributed by atoms with E-state index in [0.29, 0.717) is 41.0 Å². The monoisotopic (exact) mass is 352 g/mol. The predicted molar refractivity (Wildman–Crippen MR) is 88.1 cm³/mol. The van der Waals surface area contributed by atoms with Crippen LogP contribution < -0.4 is 16.4 Å². The molecule has 0 aliphatic carbocycles. The molecule has 0 unspecified atom stereocenters. The second-order valence-corrected chi connectivity index (χ2v) is 6.32. The molecule has 4 N–H and O–H groups in total. The van der Waals surface area contributed by atoms with E-state index < -0.39 is 11.9 Å². The minimum absolute atomic E-state index is 0.331. The van der Waals surface area contributed by atoms with Crippen LogP contribution in [0.15, 0.2) is 18.3 Å². The molecule has 7 nitrogen and oxygen atoms in total. The number of nitrogens with two attached hydrogens (primary N) is 1. The molecule has 0 radical (unpaired) electrons. The summed E-state index contributed by atoms with van der Waals surface area (Å²) >= 11 is 6.99. The third-order valence-electron chi connectivity index (χ3n) is 3.28. The number of primary amides is 1. The predicted octanol–water partition coefficient (Wildman–Crippen LogP) is 2.61. The van der Waals surface area contributed by atoms with E-state index in [9.17, 15) is 9.59 Å². The maximum Gasteiger partial charge on any atom is 0.324 e. The molecule has 0 saturated carbocycles. The van der Waals surface area contributed by atoms with Gasteiger partial charge in [0.05, 0.1) is 30.7 Å². The van der Waals surface area contributed by atoms with Crippen molar-refractivity contribution >= 4 is 45.6 Å². The number of anilines is 2. The van der Waals surface area contributed by atoms with Gasteiger partial charge in [0.25, 0.3) is 5.91 Å². The summed E-state index contributed by atoms with van der Waals surface area (Å²) in [5, 5.41) is 6.03. The molecule has 0 saturated heterocycles. The minimum Gasteiger partial charge on any atom is -0.376 e. The molecule has 23 heavy (non-hydrogen) atoms. The van der Waals surface area contributed by atoms with E-state index in [2.05, 4.69) is 15.6 Å². The first-order chi connectivity index (χ1) is 11.0. The molecular formula is C14H13ClN4O3S. The van der Waals surface area contributed by atoms with Crippen molar-refractivity contribution in [1.29, 1.82) is 0 Å². The lowest BCUT2D eigenvalue weighted by molar-refractivity contribution is 0.0991. The number of urea groups is 1. The largest absolute Gasteiger partial charge is 0.376 e. The summed E-state index contributed by atoms with van der Waals surface area (Å²) in [6, 6.07) is 2.70. The molecule has 0 bridgehead atoms. The Labute approximate surface area is 140 Å². The fourth-order valence-electron chi connectivity index (χ4n) is 2.30. The molecular weight excluding hydrogens is 340 g/mol. The van der Waals surface area contributed by atoms with E-state index >= 15 is 0 Å². The van der Waals surface area contributed by atoms with Gasteiger partial charge >= 0.3 is 6.03 Å². The first kappa shape index (κ1) is 15.7. The summed E-state index contributed by atoms with van der Waals surface area (Å²) in [4.78, 5) is 28.6. The lowest BCUT2D eigenvalue weighted by Crippen LogP contribution is -2.22. The van der Waals surface area contributed by atoms with Crippen LogP contribution in [0.25, 0.3) is 0 Å². The molecule has 9 heteroatoms. The fraction of sp³-hybridized carbons (Fsp3) is 0.214. The summed E-state index contributed by atoms with van der Waals surface area (Å²) in [5.41, 5.74) is 7.16. The summed E-state index contributed by atoms with van der Waals surface area (Å²) in [6.07, 6.45) is 2.04. The van der Waals surface area contributed by atoms with E-state index in [1.807, 2.05) is 0 Å². The van der Waals surface area contributed by atoms with Gasteiger partial charge in [0.1, 0.15) is 10.2 Å². The molecule has 3 heterocycles. The first-order valence-corrected chi connectivity index (χ1v) is 7.95. The Morgan fingerprint density at radius 3 is 2.87 bits per heavy atom. The average molecular weight is 353 g/mol. The zero-order chi connectivity index (χ0) is 16.4. The molecule has 120 valence electrons. The first-order valence-electron chi connectivity index (χ1n) is 6.76. The maximum absolute atomic E-state index is 12.1. The Morgan fingerprint density at radius 2 is 2.17 bits per heavy atom. The van der Waals surface area contributed by atoms with Gasteiger partial charge in [-0.25, -0.2) is 9.78 Å².